The zero-order valence-electron chi connectivity index (χ0n) is 6.96. The van der Waals surface area contributed by atoms with Crippen LogP contribution in [0.2, 0.25) is 5.02 Å². The number of carboxylic acids is 1. The maximum absolute atomic E-state index is 10.7. The molecule has 0 atom stereocenters. The van der Waals surface area contributed by atoms with Gasteiger partial charge in [-0.1, -0.05) is 11.6 Å². The summed E-state index contributed by atoms with van der Waals surface area (Å²) in [5.74, 6) is -0.944. The highest BCUT2D eigenvalue weighted by atomic mass is 35.5. The van der Waals surface area contributed by atoms with Gasteiger partial charge in [-0.2, -0.15) is 0 Å². The lowest BCUT2D eigenvalue weighted by Crippen LogP contribution is -2.08. The van der Waals surface area contributed by atoms with Gasteiger partial charge in [0, 0.05) is 5.02 Å². The fourth-order valence-corrected chi connectivity index (χ4v) is 1.33. The standard InChI is InChI=1S/C9H10ClNO2/c10-7-1-2-8(9(12)13)6(5-7)3-4-11/h1-2,5H,3-4,11H2,(H,12,13). The average molecular weight is 200 g/mol. The summed E-state index contributed by atoms with van der Waals surface area (Å²) < 4.78 is 0. The zero-order chi connectivity index (χ0) is 9.84. The Bertz CT molecular complexity index is 325. The number of hydrogen-bond donors (Lipinski definition) is 2. The highest BCUT2D eigenvalue weighted by molar-refractivity contribution is 6.30. The average Bonchev–Trinajstić information content (AvgIpc) is 2.04. The SMILES string of the molecule is NCCc1cc(Cl)ccc1C(=O)O. The molecule has 1 rings (SSSR count). The van der Waals surface area contributed by atoms with E-state index < -0.39 is 5.97 Å². The number of aromatic carboxylic acids is 1. The molecule has 13 heavy (non-hydrogen) atoms. The van der Waals surface area contributed by atoms with Gasteiger partial charge in [0.25, 0.3) is 0 Å². The van der Waals surface area contributed by atoms with Gasteiger partial charge in [-0.05, 0) is 36.7 Å². The molecule has 0 unspecified atom stereocenters. The van der Waals surface area contributed by atoms with Gasteiger partial charge < -0.3 is 10.8 Å². The first-order chi connectivity index (χ1) is 6.15. The molecule has 0 saturated heterocycles. The van der Waals surface area contributed by atoms with Crippen molar-refractivity contribution in [2.24, 2.45) is 5.73 Å². The fraction of sp³-hybridized carbons (Fsp3) is 0.222. The minimum atomic E-state index is -0.944. The van der Waals surface area contributed by atoms with Crippen LogP contribution in [0.15, 0.2) is 18.2 Å². The first-order valence-corrected chi connectivity index (χ1v) is 4.24. The van der Waals surface area contributed by atoms with E-state index in [4.69, 9.17) is 22.4 Å². The highest BCUT2D eigenvalue weighted by Crippen LogP contribution is 2.16. The molecule has 0 radical (unpaired) electrons. The number of nitrogens with two attached hydrogens (primary N) is 1. The molecule has 4 heteroatoms. The van der Waals surface area contributed by atoms with Crippen molar-refractivity contribution in [2.45, 2.75) is 6.42 Å². The summed E-state index contributed by atoms with van der Waals surface area (Å²) in [6.45, 7) is 0.417. The Morgan fingerprint density at radius 2 is 2.23 bits per heavy atom. The second-order valence-corrected chi connectivity index (χ2v) is 3.08. The van der Waals surface area contributed by atoms with Crippen LogP contribution in [0.4, 0.5) is 0 Å². The van der Waals surface area contributed by atoms with E-state index in [1.807, 2.05) is 0 Å². The molecule has 0 aliphatic heterocycles. The predicted octanol–water partition coefficient (Wildman–Crippen LogP) is 1.54. The van der Waals surface area contributed by atoms with Crippen molar-refractivity contribution in [1.82, 2.24) is 0 Å². The van der Waals surface area contributed by atoms with Crippen LogP contribution >= 0.6 is 11.6 Å². The Balaban J connectivity index is 3.10. The highest BCUT2D eigenvalue weighted by Gasteiger charge is 2.08. The Morgan fingerprint density at radius 1 is 1.54 bits per heavy atom. The first kappa shape index (κ1) is 10.0. The molecule has 0 fully saturated rings. The molecule has 0 aromatic heterocycles. The summed E-state index contributed by atoms with van der Waals surface area (Å²) in [4.78, 5) is 10.7. The smallest absolute Gasteiger partial charge is 0.335 e. The number of hydrogen-bond acceptors (Lipinski definition) is 2. The number of halogens is 1. The van der Waals surface area contributed by atoms with Crippen LogP contribution in [0.5, 0.6) is 0 Å². The van der Waals surface area contributed by atoms with Crippen molar-refractivity contribution in [3.63, 3.8) is 0 Å². The van der Waals surface area contributed by atoms with E-state index in [0.29, 0.717) is 23.6 Å². The lowest BCUT2D eigenvalue weighted by molar-refractivity contribution is 0.0696. The van der Waals surface area contributed by atoms with E-state index in [1.165, 1.54) is 6.07 Å². The summed E-state index contributed by atoms with van der Waals surface area (Å²) in [5.41, 5.74) is 6.30. The third-order valence-corrected chi connectivity index (χ3v) is 1.95. The summed E-state index contributed by atoms with van der Waals surface area (Å²) in [5, 5.41) is 9.33. The predicted molar refractivity (Wildman–Crippen MR) is 51.2 cm³/mol. The number of carboxylic acid groups (broad SMARTS) is 1. The van der Waals surface area contributed by atoms with Gasteiger partial charge in [0.1, 0.15) is 0 Å². The number of benzene rings is 1. The molecule has 0 spiro atoms. The maximum atomic E-state index is 10.7. The van der Waals surface area contributed by atoms with Crippen LogP contribution in [0.1, 0.15) is 15.9 Å². The van der Waals surface area contributed by atoms with E-state index >= 15 is 0 Å². The molecule has 70 valence electrons. The summed E-state index contributed by atoms with van der Waals surface area (Å²) in [6.07, 6.45) is 0.530. The van der Waals surface area contributed by atoms with Crippen molar-refractivity contribution in [3.8, 4) is 0 Å². The van der Waals surface area contributed by atoms with Crippen molar-refractivity contribution in [1.29, 1.82) is 0 Å². The van der Waals surface area contributed by atoms with E-state index in [-0.39, 0.29) is 5.56 Å². The molecule has 3 N–H and O–H groups in total. The van der Waals surface area contributed by atoms with E-state index in [1.54, 1.807) is 12.1 Å². The van der Waals surface area contributed by atoms with Gasteiger partial charge in [0.2, 0.25) is 0 Å². The molecule has 0 aliphatic rings. The Hall–Kier alpha value is -1.06. The third kappa shape index (κ3) is 2.44. The van der Waals surface area contributed by atoms with Crippen LogP contribution < -0.4 is 5.73 Å². The minimum absolute atomic E-state index is 0.273. The van der Waals surface area contributed by atoms with Gasteiger partial charge in [-0.3, -0.25) is 0 Å². The van der Waals surface area contributed by atoms with Crippen LogP contribution in [-0.2, 0) is 6.42 Å². The summed E-state index contributed by atoms with van der Waals surface area (Å²) >= 11 is 5.72. The molecule has 0 bridgehead atoms. The topological polar surface area (TPSA) is 63.3 Å². The van der Waals surface area contributed by atoms with Gasteiger partial charge in [0.15, 0.2) is 0 Å². The first-order valence-electron chi connectivity index (χ1n) is 3.87. The van der Waals surface area contributed by atoms with Gasteiger partial charge in [-0.15, -0.1) is 0 Å². The van der Waals surface area contributed by atoms with E-state index in [9.17, 15) is 4.79 Å². The Kier molecular flexibility index (Phi) is 3.28. The Labute approximate surface area is 81.1 Å². The largest absolute Gasteiger partial charge is 0.478 e. The van der Waals surface area contributed by atoms with E-state index in [0.717, 1.165) is 0 Å². The third-order valence-electron chi connectivity index (χ3n) is 1.71. The van der Waals surface area contributed by atoms with Crippen LogP contribution in [0.3, 0.4) is 0 Å². The van der Waals surface area contributed by atoms with Gasteiger partial charge in [-0.25, -0.2) is 4.79 Å². The van der Waals surface area contributed by atoms with Crippen molar-refractivity contribution >= 4 is 17.6 Å². The van der Waals surface area contributed by atoms with Gasteiger partial charge >= 0.3 is 5.97 Å². The van der Waals surface area contributed by atoms with Gasteiger partial charge in [0.05, 0.1) is 5.56 Å². The summed E-state index contributed by atoms with van der Waals surface area (Å²) in [7, 11) is 0. The van der Waals surface area contributed by atoms with Crippen LogP contribution in [0, 0.1) is 0 Å². The minimum Gasteiger partial charge on any atom is -0.478 e. The van der Waals surface area contributed by atoms with Crippen LogP contribution in [0.25, 0.3) is 0 Å². The number of rotatable bonds is 3. The fourth-order valence-electron chi connectivity index (χ4n) is 1.13. The second-order valence-electron chi connectivity index (χ2n) is 2.65. The molecule has 0 amide bonds. The monoisotopic (exact) mass is 199 g/mol. The molecule has 0 heterocycles. The van der Waals surface area contributed by atoms with Crippen molar-refractivity contribution in [2.75, 3.05) is 6.54 Å². The number of carbonyl (C=O) groups is 1. The normalized spacial score (nSPS) is 10.0. The Morgan fingerprint density at radius 3 is 2.77 bits per heavy atom. The summed E-state index contributed by atoms with van der Waals surface area (Å²) in [6, 6.07) is 4.69. The van der Waals surface area contributed by atoms with Crippen LogP contribution in [-0.4, -0.2) is 17.6 Å². The maximum Gasteiger partial charge on any atom is 0.335 e. The molecule has 1 aromatic carbocycles. The van der Waals surface area contributed by atoms with Crippen molar-refractivity contribution < 1.29 is 9.90 Å². The molecular formula is C9H10ClNO2. The lowest BCUT2D eigenvalue weighted by Gasteiger charge is -2.04. The van der Waals surface area contributed by atoms with E-state index in [2.05, 4.69) is 0 Å². The molecule has 0 aliphatic carbocycles. The van der Waals surface area contributed by atoms with Crippen molar-refractivity contribution in [3.05, 3.63) is 34.3 Å². The molecule has 1 aromatic rings. The zero-order valence-corrected chi connectivity index (χ0v) is 7.71. The second kappa shape index (κ2) is 4.25. The quantitative estimate of drug-likeness (QED) is 0.776. The lowest BCUT2D eigenvalue weighted by atomic mass is 10.1. The molecule has 0 saturated carbocycles. The molecular weight excluding hydrogens is 190 g/mol. The molecule has 3 nitrogen and oxygen atoms in total.